The summed E-state index contributed by atoms with van der Waals surface area (Å²) in [6, 6.07) is 1.69. The molecule has 1 saturated carbocycles. The molecule has 0 aromatic heterocycles. The first-order valence-corrected chi connectivity index (χ1v) is 6.55. The number of rotatable bonds is 8. The minimum absolute atomic E-state index is 0.772. The second kappa shape index (κ2) is 6.49. The van der Waals surface area contributed by atoms with Crippen LogP contribution in [0.5, 0.6) is 0 Å². The molecule has 2 nitrogen and oxygen atoms in total. The first-order valence-electron chi connectivity index (χ1n) is 6.55. The lowest BCUT2D eigenvalue weighted by molar-refractivity contribution is 0.167. The standard InChI is InChI=1S/C13H28N2/c1-11(2)10-15(13-7-8-13)12(3)6-5-9-14-4/h11-14H,5-10H2,1-4H3. The fourth-order valence-corrected chi connectivity index (χ4v) is 2.26. The second-order valence-electron chi connectivity index (χ2n) is 5.42. The molecule has 0 saturated heterocycles. The topological polar surface area (TPSA) is 15.3 Å². The normalized spacial score (nSPS) is 18.8. The fraction of sp³-hybridized carbons (Fsp3) is 1.00. The van der Waals surface area contributed by atoms with Crippen molar-refractivity contribution in [3.05, 3.63) is 0 Å². The van der Waals surface area contributed by atoms with Gasteiger partial charge in [-0.3, -0.25) is 4.90 Å². The van der Waals surface area contributed by atoms with Gasteiger partial charge in [-0.25, -0.2) is 0 Å². The van der Waals surface area contributed by atoms with E-state index in [1.54, 1.807) is 0 Å². The van der Waals surface area contributed by atoms with Gasteiger partial charge in [0.15, 0.2) is 0 Å². The molecule has 0 heterocycles. The molecule has 1 aliphatic rings. The molecule has 1 rings (SSSR count). The van der Waals surface area contributed by atoms with Crippen molar-refractivity contribution in [2.45, 2.75) is 58.5 Å². The summed E-state index contributed by atoms with van der Waals surface area (Å²) in [5.41, 5.74) is 0. The molecule has 0 aromatic rings. The van der Waals surface area contributed by atoms with E-state index in [-0.39, 0.29) is 0 Å². The largest absolute Gasteiger partial charge is 0.320 e. The van der Waals surface area contributed by atoms with Crippen molar-refractivity contribution in [3.8, 4) is 0 Å². The Labute approximate surface area is 95.4 Å². The minimum Gasteiger partial charge on any atom is -0.320 e. The summed E-state index contributed by atoms with van der Waals surface area (Å²) >= 11 is 0. The molecule has 1 aliphatic carbocycles. The number of nitrogens with zero attached hydrogens (tertiary/aromatic N) is 1. The number of hydrogen-bond acceptors (Lipinski definition) is 2. The van der Waals surface area contributed by atoms with Gasteiger partial charge in [-0.2, -0.15) is 0 Å². The van der Waals surface area contributed by atoms with Crippen LogP contribution in [0.15, 0.2) is 0 Å². The highest BCUT2D eigenvalue weighted by molar-refractivity contribution is 4.87. The monoisotopic (exact) mass is 212 g/mol. The zero-order chi connectivity index (χ0) is 11.3. The third-order valence-corrected chi connectivity index (χ3v) is 3.21. The summed E-state index contributed by atoms with van der Waals surface area (Å²) in [4.78, 5) is 2.74. The molecule has 1 atom stereocenters. The Bertz CT molecular complexity index is 164. The molecule has 1 unspecified atom stereocenters. The SMILES string of the molecule is CNCCCC(C)N(CC(C)C)C1CC1. The van der Waals surface area contributed by atoms with E-state index in [1.807, 2.05) is 7.05 Å². The quantitative estimate of drug-likeness (QED) is 0.622. The molecule has 90 valence electrons. The van der Waals surface area contributed by atoms with Crippen molar-refractivity contribution in [1.82, 2.24) is 10.2 Å². The third kappa shape index (κ3) is 4.98. The van der Waals surface area contributed by atoms with Crippen LogP contribution in [0.2, 0.25) is 0 Å². The zero-order valence-electron chi connectivity index (χ0n) is 10.9. The average molecular weight is 212 g/mol. The van der Waals surface area contributed by atoms with Crippen LogP contribution in [-0.2, 0) is 0 Å². The van der Waals surface area contributed by atoms with Gasteiger partial charge in [0.25, 0.3) is 0 Å². The molecule has 0 amide bonds. The van der Waals surface area contributed by atoms with Gasteiger partial charge in [-0.05, 0) is 52.1 Å². The van der Waals surface area contributed by atoms with Crippen molar-refractivity contribution in [1.29, 1.82) is 0 Å². The predicted molar refractivity (Wildman–Crippen MR) is 67.2 cm³/mol. The molecule has 0 radical (unpaired) electrons. The van der Waals surface area contributed by atoms with Crippen molar-refractivity contribution in [2.75, 3.05) is 20.1 Å². The number of hydrogen-bond donors (Lipinski definition) is 1. The Morgan fingerprint density at radius 2 is 1.93 bits per heavy atom. The van der Waals surface area contributed by atoms with E-state index in [0.717, 1.165) is 24.5 Å². The summed E-state index contributed by atoms with van der Waals surface area (Å²) in [6.45, 7) is 9.50. The lowest BCUT2D eigenvalue weighted by atomic mass is 10.1. The van der Waals surface area contributed by atoms with E-state index in [0.29, 0.717) is 0 Å². The van der Waals surface area contributed by atoms with Crippen LogP contribution in [0.3, 0.4) is 0 Å². The third-order valence-electron chi connectivity index (χ3n) is 3.21. The smallest absolute Gasteiger partial charge is 0.00993 e. The van der Waals surface area contributed by atoms with E-state index in [4.69, 9.17) is 0 Å². The summed E-state index contributed by atoms with van der Waals surface area (Å²) in [6.07, 6.45) is 5.51. The maximum absolute atomic E-state index is 3.23. The summed E-state index contributed by atoms with van der Waals surface area (Å²) in [5, 5.41) is 3.23. The lowest BCUT2D eigenvalue weighted by Crippen LogP contribution is -2.38. The van der Waals surface area contributed by atoms with Gasteiger partial charge in [-0.15, -0.1) is 0 Å². The van der Waals surface area contributed by atoms with Gasteiger partial charge >= 0.3 is 0 Å². The van der Waals surface area contributed by atoms with E-state index in [9.17, 15) is 0 Å². The Morgan fingerprint density at radius 1 is 1.27 bits per heavy atom. The van der Waals surface area contributed by atoms with E-state index < -0.39 is 0 Å². The van der Waals surface area contributed by atoms with Crippen LogP contribution in [0, 0.1) is 5.92 Å². The van der Waals surface area contributed by atoms with E-state index >= 15 is 0 Å². The van der Waals surface area contributed by atoms with Crippen LogP contribution in [-0.4, -0.2) is 37.1 Å². The highest BCUT2D eigenvalue weighted by Gasteiger charge is 2.31. The Morgan fingerprint density at radius 3 is 2.40 bits per heavy atom. The minimum atomic E-state index is 0.772. The average Bonchev–Trinajstić information content (AvgIpc) is 2.97. The second-order valence-corrected chi connectivity index (χ2v) is 5.42. The van der Waals surface area contributed by atoms with Crippen molar-refractivity contribution in [3.63, 3.8) is 0 Å². The van der Waals surface area contributed by atoms with Gasteiger partial charge in [0, 0.05) is 18.6 Å². The Balaban J connectivity index is 2.27. The highest BCUT2D eigenvalue weighted by atomic mass is 15.2. The maximum atomic E-state index is 3.23. The van der Waals surface area contributed by atoms with Crippen LogP contribution in [0.1, 0.15) is 46.5 Å². The Kier molecular flexibility index (Phi) is 5.62. The van der Waals surface area contributed by atoms with Crippen molar-refractivity contribution < 1.29 is 0 Å². The van der Waals surface area contributed by atoms with Crippen molar-refractivity contribution >= 4 is 0 Å². The van der Waals surface area contributed by atoms with Crippen LogP contribution < -0.4 is 5.32 Å². The van der Waals surface area contributed by atoms with Gasteiger partial charge < -0.3 is 5.32 Å². The molecular formula is C13H28N2. The molecule has 1 fully saturated rings. The molecule has 0 aromatic carbocycles. The molecule has 0 bridgehead atoms. The van der Waals surface area contributed by atoms with Crippen LogP contribution in [0.25, 0.3) is 0 Å². The summed E-state index contributed by atoms with van der Waals surface area (Å²) < 4.78 is 0. The predicted octanol–water partition coefficient (Wildman–Crippen LogP) is 2.49. The number of nitrogens with one attached hydrogen (secondary N) is 1. The van der Waals surface area contributed by atoms with Gasteiger partial charge in [-0.1, -0.05) is 13.8 Å². The highest BCUT2D eigenvalue weighted by Crippen LogP contribution is 2.30. The first-order chi connectivity index (χ1) is 7.15. The first kappa shape index (κ1) is 13.0. The van der Waals surface area contributed by atoms with Crippen molar-refractivity contribution in [2.24, 2.45) is 5.92 Å². The zero-order valence-corrected chi connectivity index (χ0v) is 10.9. The van der Waals surface area contributed by atoms with Gasteiger partial charge in [0.2, 0.25) is 0 Å². The molecule has 2 heteroatoms. The Hall–Kier alpha value is -0.0800. The van der Waals surface area contributed by atoms with Gasteiger partial charge in [0.1, 0.15) is 0 Å². The maximum Gasteiger partial charge on any atom is 0.00993 e. The molecule has 1 N–H and O–H groups in total. The lowest BCUT2D eigenvalue weighted by Gasteiger charge is -2.30. The van der Waals surface area contributed by atoms with E-state index in [1.165, 1.54) is 32.2 Å². The van der Waals surface area contributed by atoms with E-state index in [2.05, 4.69) is 31.0 Å². The molecule has 15 heavy (non-hydrogen) atoms. The molecule has 0 spiro atoms. The van der Waals surface area contributed by atoms with Crippen LogP contribution >= 0.6 is 0 Å². The summed E-state index contributed by atoms with van der Waals surface area (Å²) in [7, 11) is 2.04. The van der Waals surface area contributed by atoms with Crippen LogP contribution in [0.4, 0.5) is 0 Å². The molecule has 0 aliphatic heterocycles. The summed E-state index contributed by atoms with van der Waals surface area (Å²) in [5.74, 6) is 0.803. The van der Waals surface area contributed by atoms with Gasteiger partial charge in [0.05, 0.1) is 0 Å². The fourth-order valence-electron chi connectivity index (χ4n) is 2.26. The molecular weight excluding hydrogens is 184 g/mol.